The molecule has 1 atom stereocenters. The molecule has 158 valence electrons. The van der Waals surface area contributed by atoms with E-state index in [2.05, 4.69) is 0 Å². The number of aliphatic hydroxyl groups excluding tert-OH is 1. The molecule has 3 aromatic rings. The van der Waals surface area contributed by atoms with Crippen LogP contribution >= 0.6 is 11.3 Å². The minimum atomic E-state index is -0.684. The van der Waals surface area contributed by atoms with Crippen molar-refractivity contribution in [3.8, 4) is 0 Å². The predicted molar refractivity (Wildman–Crippen MR) is 119 cm³/mol. The largest absolute Gasteiger partial charge is 0.507 e. The summed E-state index contributed by atoms with van der Waals surface area (Å²) in [6, 6.07) is 14.8. The quantitative estimate of drug-likeness (QED) is 0.342. The van der Waals surface area contributed by atoms with Crippen molar-refractivity contribution in [3.05, 3.63) is 98.5 Å². The van der Waals surface area contributed by atoms with Crippen LogP contribution in [0.1, 0.15) is 33.2 Å². The molecular weight excluding hydrogens is 413 g/mol. The first kappa shape index (κ1) is 21.0. The molecule has 4 rings (SSSR count). The van der Waals surface area contributed by atoms with Gasteiger partial charge in [-0.1, -0.05) is 35.9 Å². The molecule has 4 nitrogen and oxygen atoms in total. The molecule has 0 aliphatic carbocycles. The monoisotopic (exact) mass is 435 g/mol. The minimum Gasteiger partial charge on any atom is -0.507 e. The molecule has 1 fully saturated rings. The number of hydrogen-bond donors (Lipinski definition) is 1. The molecule has 2 aromatic carbocycles. The molecule has 6 heteroatoms. The number of aliphatic hydroxyl groups is 1. The van der Waals surface area contributed by atoms with Crippen molar-refractivity contribution in [3.63, 3.8) is 0 Å². The number of carbonyl (C=O) groups excluding carboxylic acids is 2. The summed E-state index contributed by atoms with van der Waals surface area (Å²) in [4.78, 5) is 28.3. The minimum absolute atomic E-state index is 0.111. The Morgan fingerprint density at radius 1 is 1.10 bits per heavy atom. The molecule has 1 N–H and O–H groups in total. The van der Waals surface area contributed by atoms with Crippen molar-refractivity contribution < 1.29 is 19.1 Å². The summed E-state index contributed by atoms with van der Waals surface area (Å²) < 4.78 is 13.2. The second kappa shape index (κ2) is 8.47. The highest BCUT2D eigenvalue weighted by molar-refractivity contribution is 7.10. The number of rotatable bonds is 5. The van der Waals surface area contributed by atoms with E-state index in [9.17, 15) is 19.1 Å². The van der Waals surface area contributed by atoms with Crippen LogP contribution in [-0.4, -0.2) is 28.2 Å². The highest BCUT2D eigenvalue weighted by atomic mass is 32.1. The van der Waals surface area contributed by atoms with Gasteiger partial charge in [-0.25, -0.2) is 4.39 Å². The number of halogens is 1. The van der Waals surface area contributed by atoms with Gasteiger partial charge in [-0.2, -0.15) is 0 Å². The lowest BCUT2D eigenvalue weighted by atomic mass is 9.96. The van der Waals surface area contributed by atoms with Crippen LogP contribution in [0.15, 0.2) is 65.6 Å². The van der Waals surface area contributed by atoms with Crippen molar-refractivity contribution in [2.45, 2.75) is 26.3 Å². The summed E-state index contributed by atoms with van der Waals surface area (Å²) in [5.41, 5.74) is 3.30. The van der Waals surface area contributed by atoms with Gasteiger partial charge in [-0.3, -0.25) is 9.59 Å². The van der Waals surface area contributed by atoms with E-state index in [1.807, 2.05) is 49.6 Å². The normalized spacial score (nSPS) is 18.0. The molecule has 31 heavy (non-hydrogen) atoms. The number of likely N-dealkylation sites (tertiary alicyclic amines) is 1. The topological polar surface area (TPSA) is 57.6 Å². The smallest absolute Gasteiger partial charge is 0.295 e. The Bertz CT molecular complexity index is 1170. The third-order valence-electron chi connectivity index (χ3n) is 5.56. The lowest BCUT2D eigenvalue weighted by molar-refractivity contribution is -0.139. The summed E-state index contributed by atoms with van der Waals surface area (Å²) in [7, 11) is 0. The van der Waals surface area contributed by atoms with Gasteiger partial charge in [0.15, 0.2) is 0 Å². The Morgan fingerprint density at radius 3 is 2.52 bits per heavy atom. The maximum Gasteiger partial charge on any atom is 0.295 e. The maximum atomic E-state index is 13.2. The standard InChI is InChI=1S/C25H22FNO3S/c1-15-5-6-16(2)19(14-15)23(28)21-22(20-4-3-13-31-20)27(25(30)24(21)29)12-11-17-7-9-18(26)10-8-17/h3-10,13-14,22,28H,11-12H2,1-2H3/b23-21-. The van der Waals surface area contributed by atoms with Gasteiger partial charge in [0.05, 0.1) is 11.6 Å². The lowest BCUT2D eigenvalue weighted by Crippen LogP contribution is -2.31. The molecule has 0 spiro atoms. The van der Waals surface area contributed by atoms with Crippen molar-refractivity contribution >= 4 is 28.8 Å². The Kier molecular flexibility index (Phi) is 5.74. The zero-order valence-corrected chi connectivity index (χ0v) is 18.1. The highest BCUT2D eigenvalue weighted by Crippen LogP contribution is 2.41. The molecular formula is C25H22FNO3S. The van der Waals surface area contributed by atoms with Crippen molar-refractivity contribution in [1.29, 1.82) is 0 Å². The second-order valence-corrected chi connectivity index (χ2v) is 8.68. The first-order chi connectivity index (χ1) is 14.9. The third-order valence-corrected chi connectivity index (χ3v) is 6.48. The number of thiophene rings is 1. The number of ketones is 1. The van der Waals surface area contributed by atoms with Gasteiger partial charge < -0.3 is 10.0 Å². The first-order valence-corrected chi connectivity index (χ1v) is 10.9. The van der Waals surface area contributed by atoms with E-state index in [-0.39, 0.29) is 23.7 Å². The third kappa shape index (κ3) is 4.03. The van der Waals surface area contributed by atoms with Crippen LogP contribution in [0.2, 0.25) is 0 Å². The molecule has 0 radical (unpaired) electrons. The average Bonchev–Trinajstić information content (AvgIpc) is 3.36. The van der Waals surface area contributed by atoms with Gasteiger partial charge in [0.2, 0.25) is 0 Å². The van der Waals surface area contributed by atoms with Crippen LogP contribution in [0, 0.1) is 19.7 Å². The Labute approximate surface area is 184 Å². The fourth-order valence-corrected chi connectivity index (χ4v) is 4.74. The number of hydrogen-bond acceptors (Lipinski definition) is 4. The fraction of sp³-hybridized carbons (Fsp3) is 0.200. The predicted octanol–water partition coefficient (Wildman–Crippen LogP) is 5.17. The molecule has 2 heterocycles. The van der Waals surface area contributed by atoms with Crippen LogP contribution in [0.3, 0.4) is 0 Å². The van der Waals surface area contributed by atoms with E-state index in [1.165, 1.54) is 28.4 Å². The van der Waals surface area contributed by atoms with E-state index < -0.39 is 17.7 Å². The van der Waals surface area contributed by atoms with E-state index in [0.717, 1.165) is 21.6 Å². The zero-order valence-electron chi connectivity index (χ0n) is 17.3. The van der Waals surface area contributed by atoms with Crippen molar-refractivity contribution in [2.24, 2.45) is 0 Å². The van der Waals surface area contributed by atoms with Crippen molar-refractivity contribution in [2.75, 3.05) is 6.54 Å². The summed E-state index contributed by atoms with van der Waals surface area (Å²) in [6.07, 6.45) is 0.471. The second-order valence-electron chi connectivity index (χ2n) is 7.70. The molecule has 0 saturated carbocycles. The molecule has 1 amide bonds. The van der Waals surface area contributed by atoms with Crippen molar-refractivity contribution in [1.82, 2.24) is 4.90 Å². The number of benzene rings is 2. The zero-order chi connectivity index (χ0) is 22.1. The molecule has 1 aliphatic rings. The number of nitrogens with zero attached hydrogens (tertiary/aromatic N) is 1. The average molecular weight is 436 g/mol. The van der Waals surface area contributed by atoms with Gasteiger partial charge in [0, 0.05) is 17.0 Å². The number of carbonyl (C=O) groups is 2. The highest BCUT2D eigenvalue weighted by Gasteiger charge is 2.46. The molecule has 1 aromatic heterocycles. The summed E-state index contributed by atoms with van der Waals surface area (Å²) in [6.45, 7) is 4.05. The molecule has 1 aliphatic heterocycles. The van der Waals surface area contributed by atoms with Gasteiger partial charge in [0.25, 0.3) is 11.7 Å². The maximum absolute atomic E-state index is 13.2. The molecule has 0 bridgehead atoms. The van der Waals surface area contributed by atoms with E-state index >= 15 is 0 Å². The Morgan fingerprint density at radius 2 is 1.84 bits per heavy atom. The van der Waals surface area contributed by atoms with Gasteiger partial charge in [-0.05, 0) is 61.0 Å². The molecule has 1 unspecified atom stereocenters. The number of aryl methyl sites for hydroxylation is 2. The Hall–Kier alpha value is -3.25. The van der Waals surface area contributed by atoms with Crippen LogP contribution in [0.5, 0.6) is 0 Å². The molecule has 1 saturated heterocycles. The summed E-state index contributed by atoms with van der Waals surface area (Å²) in [5.74, 6) is -1.79. The van der Waals surface area contributed by atoms with Crippen LogP contribution in [0.25, 0.3) is 5.76 Å². The van der Waals surface area contributed by atoms with Crippen LogP contribution < -0.4 is 0 Å². The van der Waals surface area contributed by atoms with E-state index in [1.54, 1.807) is 12.1 Å². The van der Waals surface area contributed by atoms with Crippen LogP contribution in [0.4, 0.5) is 4.39 Å². The first-order valence-electron chi connectivity index (χ1n) is 10.0. The summed E-state index contributed by atoms with van der Waals surface area (Å²) in [5, 5.41) is 13.0. The lowest BCUT2D eigenvalue weighted by Gasteiger charge is -2.24. The summed E-state index contributed by atoms with van der Waals surface area (Å²) >= 11 is 1.43. The van der Waals surface area contributed by atoms with Gasteiger partial charge in [-0.15, -0.1) is 11.3 Å². The SMILES string of the molecule is Cc1ccc(C)c(/C(O)=C2/C(=O)C(=O)N(CCc3ccc(F)cc3)C2c2cccs2)c1. The number of amides is 1. The van der Waals surface area contributed by atoms with E-state index in [0.29, 0.717) is 12.0 Å². The van der Waals surface area contributed by atoms with E-state index in [4.69, 9.17) is 0 Å². The number of Topliss-reactive ketones (excluding diaryl/α,β-unsaturated/α-hetero) is 1. The van der Waals surface area contributed by atoms with Crippen LogP contribution in [-0.2, 0) is 16.0 Å². The van der Waals surface area contributed by atoms with Gasteiger partial charge in [0.1, 0.15) is 11.6 Å². The fourth-order valence-electron chi connectivity index (χ4n) is 3.89. The van der Waals surface area contributed by atoms with Gasteiger partial charge >= 0.3 is 0 Å². The Balaban J connectivity index is 1.76.